The Morgan fingerprint density at radius 3 is 2.19 bits per heavy atom. The summed E-state index contributed by atoms with van der Waals surface area (Å²) in [6.07, 6.45) is 4.61. The molecule has 1 aromatic carbocycles. The number of amides is 1. The smallest absolute Gasteiger partial charge is 0.253 e. The van der Waals surface area contributed by atoms with Crippen LogP contribution in [0.1, 0.15) is 41.6 Å². The largest absolute Gasteiger partial charge is 0.337 e. The zero-order chi connectivity index (χ0) is 15.4. The molecule has 0 radical (unpaired) electrons. The summed E-state index contributed by atoms with van der Waals surface area (Å²) in [4.78, 5) is 16.7. The second-order valence-electron chi connectivity index (χ2n) is 5.99. The molecule has 0 N–H and O–H groups in total. The first kappa shape index (κ1) is 15.5. The molecule has 1 aliphatic carbocycles. The minimum Gasteiger partial charge on any atom is -0.337 e. The molecule has 4 nitrogen and oxygen atoms in total. The number of carbonyl (C=O) groups is 1. The molecule has 0 heterocycles. The Labute approximate surface area is 127 Å². The van der Waals surface area contributed by atoms with E-state index in [1.54, 1.807) is 24.3 Å². The van der Waals surface area contributed by atoms with Crippen molar-refractivity contribution in [3.05, 3.63) is 35.4 Å². The number of hydrogen-bond donors (Lipinski definition) is 0. The molecule has 0 aromatic heterocycles. The third-order valence-corrected chi connectivity index (χ3v) is 4.44. The molecule has 0 bridgehead atoms. The van der Waals surface area contributed by atoms with Crippen LogP contribution >= 0.6 is 0 Å². The Balaban J connectivity index is 2.15. The van der Waals surface area contributed by atoms with Crippen LogP contribution in [0.25, 0.3) is 0 Å². The summed E-state index contributed by atoms with van der Waals surface area (Å²) in [5.74, 6) is 0.0400. The summed E-state index contributed by atoms with van der Waals surface area (Å²) in [5.41, 5.74) is 1.23. The van der Waals surface area contributed by atoms with Gasteiger partial charge in [-0.2, -0.15) is 5.26 Å². The maximum absolute atomic E-state index is 12.6. The summed E-state index contributed by atoms with van der Waals surface area (Å²) >= 11 is 0. The molecular formula is C17H23N3O. The van der Waals surface area contributed by atoms with Gasteiger partial charge in [0.2, 0.25) is 0 Å². The van der Waals surface area contributed by atoms with Crippen molar-refractivity contribution in [1.29, 1.82) is 5.26 Å². The van der Waals surface area contributed by atoms with Crippen LogP contribution in [0, 0.1) is 11.3 Å². The average molecular weight is 285 g/mol. The predicted octanol–water partition coefficient (Wildman–Crippen LogP) is 2.50. The molecule has 2 atom stereocenters. The van der Waals surface area contributed by atoms with Crippen molar-refractivity contribution in [2.45, 2.75) is 37.8 Å². The first-order chi connectivity index (χ1) is 10.0. The molecule has 0 saturated heterocycles. The van der Waals surface area contributed by atoms with Gasteiger partial charge in [0, 0.05) is 24.7 Å². The van der Waals surface area contributed by atoms with Gasteiger partial charge in [-0.3, -0.25) is 4.79 Å². The molecule has 1 fully saturated rings. The highest BCUT2D eigenvalue weighted by molar-refractivity contribution is 5.94. The highest BCUT2D eigenvalue weighted by atomic mass is 16.2. The molecule has 4 heteroatoms. The molecule has 0 unspecified atom stereocenters. The van der Waals surface area contributed by atoms with E-state index in [1.165, 1.54) is 12.8 Å². The zero-order valence-corrected chi connectivity index (χ0v) is 13.0. The van der Waals surface area contributed by atoms with Gasteiger partial charge in [0.25, 0.3) is 5.91 Å². The van der Waals surface area contributed by atoms with E-state index in [0.29, 0.717) is 17.2 Å². The predicted molar refractivity (Wildman–Crippen MR) is 83.0 cm³/mol. The summed E-state index contributed by atoms with van der Waals surface area (Å²) < 4.78 is 0. The maximum Gasteiger partial charge on any atom is 0.253 e. The molecule has 2 rings (SSSR count). The molecule has 1 aliphatic rings. The van der Waals surface area contributed by atoms with Gasteiger partial charge in [-0.15, -0.1) is 0 Å². The quantitative estimate of drug-likeness (QED) is 0.857. The fourth-order valence-electron chi connectivity index (χ4n) is 3.19. The SMILES string of the molecule is CN(C)[C@@H]1CCCC[C@H]1N(C)C(=O)c1ccc(C#N)cc1. The Hall–Kier alpha value is -1.86. The topological polar surface area (TPSA) is 47.3 Å². The first-order valence-electron chi connectivity index (χ1n) is 7.48. The van der Waals surface area contributed by atoms with Gasteiger partial charge < -0.3 is 9.80 Å². The van der Waals surface area contributed by atoms with Crippen molar-refractivity contribution in [3.8, 4) is 6.07 Å². The average Bonchev–Trinajstić information content (AvgIpc) is 2.53. The van der Waals surface area contributed by atoms with Crippen LogP contribution in [-0.2, 0) is 0 Å². The molecule has 1 aromatic rings. The van der Waals surface area contributed by atoms with Crippen molar-refractivity contribution in [2.75, 3.05) is 21.1 Å². The van der Waals surface area contributed by atoms with Crippen LogP contribution in [0.2, 0.25) is 0 Å². The highest BCUT2D eigenvalue weighted by Crippen LogP contribution is 2.26. The van der Waals surface area contributed by atoms with E-state index in [0.717, 1.165) is 12.8 Å². The zero-order valence-electron chi connectivity index (χ0n) is 13.0. The van der Waals surface area contributed by atoms with Gasteiger partial charge in [-0.1, -0.05) is 12.8 Å². The number of nitriles is 1. The molecule has 1 amide bonds. The van der Waals surface area contributed by atoms with Crippen LogP contribution in [0.15, 0.2) is 24.3 Å². The molecule has 1 saturated carbocycles. The molecule has 112 valence electrons. The van der Waals surface area contributed by atoms with E-state index in [-0.39, 0.29) is 11.9 Å². The van der Waals surface area contributed by atoms with Gasteiger partial charge in [0.1, 0.15) is 0 Å². The van der Waals surface area contributed by atoms with E-state index in [2.05, 4.69) is 25.1 Å². The first-order valence-corrected chi connectivity index (χ1v) is 7.48. The lowest BCUT2D eigenvalue weighted by Crippen LogP contribution is -2.51. The Morgan fingerprint density at radius 2 is 1.67 bits per heavy atom. The van der Waals surface area contributed by atoms with E-state index in [9.17, 15) is 4.79 Å². The second kappa shape index (κ2) is 6.73. The van der Waals surface area contributed by atoms with Crippen LogP contribution in [0.5, 0.6) is 0 Å². The molecule has 21 heavy (non-hydrogen) atoms. The third-order valence-electron chi connectivity index (χ3n) is 4.44. The monoisotopic (exact) mass is 285 g/mol. The third kappa shape index (κ3) is 3.43. The number of carbonyl (C=O) groups excluding carboxylic acids is 1. The van der Waals surface area contributed by atoms with Crippen LogP contribution in [-0.4, -0.2) is 48.9 Å². The highest BCUT2D eigenvalue weighted by Gasteiger charge is 2.32. The molecular weight excluding hydrogens is 262 g/mol. The van der Waals surface area contributed by atoms with Crippen molar-refractivity contribution in [3.63, 3.8) is 0 Å². The fraction of sp³-hybridized carbons (Fsp3) is 0.529. The van der Waals surface area contributed by atoms with Gasteiger partial charge in [-0.25, -0.2) is 0 Å². The van der Waals surface area contributed by atoms with Crippen molar-refractivity contribution in [1.82, 2.24) is 9.80 Å². The van der Waals surface area contributed by atoms with E-state index >= 15 is 0 Å². The van der Waals surface area contributed by atoms with E-state index < -0.39 is 0 Å². The van der Waals surface area contributed by atoms with Crippen molar-refractivity contribution >= 4 is 5.91 Å². The minimum atomic E-state index is 0.0400. The Bertz CT molecular complexity index is 530. The van der Waals surface area contributed by atoms with Gasteiger partial charge in [0.05, 0.1) is 11.6 Å². The minimum absolute atomic E-state index is 0.0400. The van der Waals surface area contributed by atoms with Crippen LogP contribution < -0.4 is 0 Å². The standard InChI is InChI=1S/C17H23N3O/c1-19(2)15-6-4-5-7-16(15)20(3)17(21)14-10-8-13(12-18)9-11-14/h8-11,15-16H,4-7H2,1-3H3/t15-,16-/m1/s1. The van der Waals surface area contributed by atoms with Gasteiger partial charge in [-0.05, 0) is 51.2 Å². The maximum atomic E-state index is 12.6. The normalized spacial score (nSPS) is 21.9. The number of nitrogens with zero attached hydrogens (tertiary/aromatic N) is 3. The lowest BCUT2D eigenvalue weighted by Gasteiger charge is -2.41. The summed E-state index contributed by atoms with van der Waals surface area (Å²) in [6.45, 7) is 0. The summed E-state index contributed by atoms with van der Waals surface area (Å²) in [5, 5.41) is 8.83. The second-order valence-corrected chi connectivity index (χ2v) is 5.99. The Morgan fingerprint density at radius 1 is 1.10 bits per heavy atom. The number of rotatable bonds is 3. The van der Waals surface area contributed by atoms with E-state index in [1.807, 2.05) is 11.9 Å². The van der Waals surface area contributed by atoms with Crippen LogP contribution in [0.4, 0.5) is 0 Å². The number of benzene rings is 1. The molecule has 0 aliphatic heterocycles. The van der Waals surface area contributed by atoms with Crippen molar-refractivity contribution in [2.24, 2.45) is 0 Å². The van der Waals surface area contributed by atoms with Gasteiger partial charge in [0.15, 0.2) is 0 Å². The summed E-state index contributed by atoms with van der Waals surface area (Å²) in [7, 11) is 6.07. The van der Waals surface area contributed by atoms with Gasteiger partial charge >= 0.3 is 0 Å². The Kier molecular flexibility index (Phi) is 4.98. The van der Waals surface area contributed by atoms with Crippen LogP contribution in [0.3, 0.4) is 0 Å². The lowest BCUT2D eigenvalue weighted by atomic mass is 9.88. The van der Waals surface area contributed by atoms with E-state index in [4.69, 9.17) is 5.26 Å². The summed E-state index contributed by atoms with van der Waals surface area (Å²) in [6, 6.07) is 9.64. The lowest BCUT2D eigenvalue weighted by molar-refractivity contribution is 0.0544. The fourth-order valence-corrected chi connectivity index (χ4v) is 3.19. The number of likely N-dealkylation sites (N-methyl/N-ethyl adjacent to an activating group) is 2. The molecule has 0 spiro atoms. The number of hydrogen-bond acceptors (Lipinski definition) is 3. The van der Waals surface area contributed by atoms with Crippen molar-refractivity contribution < 1.29 is 4.79 Å².